The summed E-state index contributed by atoms with van der Waals surface area (Å²) in [7, 11) is 0. The van der Waals surface area contributed by atoms with Crippen LogP contribution in [0.2, 0.25) is 0 Å². The first kappa shape index (κ1) is 17.2. The molecule has 0 amide bonds. The highest BCUT2D eigenvalue weighted by molar-refractivity contribution is 6.01. The average Bonchev–Trinajstić information content (AvgIpc) is 2.58. The van der Waals surface area contributed by atoms with Crippen molar-refractivity contribution in [3.8, 4) is 0 Å². The zero-order chi connectivity index (χ0) is 16.3. The largest absolute Gasteiger partial charge is 0.375 e. The van der Waals surface area contributed by atoms with E-state index in [1.165, 1.54) is 11.1 Å². The van der Waals surface area contributed by atoms with E-state index in [0.717, 1.165) is 5.71 Å². The Hall–Kier alpha value is -2.19. The number of benzene rings is 2. The third-order valence-electron chi connectivity index (χ3n) is 3.46. The quantitative estimate of drug-likeness (QED) is 0.504. The minimum Gasteiger partial charge on any atom is -0.375 e. The molecule has 0 aromatic heterocycles. The molecule has 0 saturated carbocycles. The van der Waals surface area contributed by atoms with Crippen LogP contribution in [-0.4, -0.2) is 25.5 Å². The van der Waals surface area contributed by atoms with E-state index in [1.807, 2.05) is 30.3 Å². The van der Waals surface area contributed by atoms with Gasteiger partial charge in [0.2, 0.25) is 0 Å². The molecule has 0 aliphatic heterocycles. The maximum Gasteiger partial charge on any atom is 0.0666 e. The number of hydrogen-bond donors (Lipinski definition) is 0. The number of rotatable bonds is 8. The predicted molar refractivity (Wildman–Crippen MR) is 99.0 cm³/mol. The lowest BCUT2D eigenvalue weighted by Crippen LogP contribution is -2.11. The molecule has 0 radical (unpaired) electrons. The summed E-state index contributed by atoms with van der Waals surface area (Å²) in [6.45, 7) is 6.31. The van der Waals surface area contributed by atoms with Crippen LogP contribution in [0.5, 0.6) is 0 Å². The van der Waals surface area contributed by atoms with E-state index in [4.69, 9.17) is 9.73 Å². The molecule has 0 bridgehead atoms. The molecule has 120 valence electrons. The van der Waals surface area contributed by atoms with Gasteiger partial charge in [-0.2, -0.15) is 0 Å². The lowest BCUT2D eigenvalue weighted by Gasteiger charge is -2.10. The van der Waals surface area contributed by atoms with Crippen molar-refractivity contribution in [1.82, 2.24) is 0 Å². The first-order valence-electron chi connectivity index (χ1n) is 8.16. The maximum atomic E-state index is 5.63. The molecule has 23 heavy (non-hydrogen) atoms. The van der Waals surface area contributed by atoms with Crippen LogP contribution >= 0.6 is 0 Å². The van der Waals surface area contributed by atoms with Crippen molar-refractivity contribution in [1.29, 1.82) is 0 Å². The SMILES string of the molecule is CC(C)C(=NCCOC/C=C/c1ccccc1)c1ccccc1. The van der Waals surface area contributed by atoms with Crippen LogP contribution in [-0.2, 0) is 4.74 Å². The molecule has 0 heterocycles. The van der Waals surface area contributed by atoms with Crippen LogP contribution in [0.4, 0.5) is 0 Å². The fourth-order valence-electron chi connectivity index (χ4n) is 2.35. The van der Waals surface area contributed by atoms with E-state index in [0.29, 0.717) is 25.7 Å². The number of ether oxygens (including phenoxy) is 1. The van der Waals surface area contributed by atoms with Gasteiger partial charge >= 0.3 is 0 Å². The summed E-state index contributed by atoms with van der Waals surface area (Å²) < 4.78 is 5.63. The van der Waals surface area contributed by atoms with Gasteiger partial charge in [-0.1, -0.05) is 86.7 Å². The van der Waals surface area contributed by atoms with Gasteiger partial charge in [0.25, 0.3) is 0 Å². The van der Waals surface area contributed by atoms with Crippen molar-refractivity contribution in [2.24, 2.45) is 10.9 Å². The van der Waals surface area contributed by atoms with Gasteiger partial charge in [-0.05, 0) is 17.0 Å². The van der Waals surface area contributed by atoms with Gasteiger partial charge < -0.3 is 4.74 Å². The Labute approximate surface area is 139 Å². The van der Waals surface area contributed by atoms with Crippen LogP contribution in [0.15, 0.2) is 71.7 Å². The number of aliphatic imine (C=N–C) groups is 1. The number of hydrogen-bond acceptors (Lipinski definition) is 2. The summed E-state index contributed by atoms with van der Waals surface area (Å²) >= 11 is 0. The molecule has 0 N–H and O–H groups in total. The van der Waals surface area contributed by atoms with Gasteiger partial charge in [0.05, 0.1) is 19.8 Å². The van der Waals surface area contributed by atoms with Crippen molar-refractivity contribution in [2.45, 2.75) is 13.8 Å². The van der Waals surface area contributed by atoms with Gasteiger partial charge in [-0.25, -0.2) is 0 Å². The Balaban J connectivity index is 1.75. The van der Waals surface area contributed by atoms with E-state index < -0.39 is 0 Å². The maximum absolute atomic E-state index is 5.63. The molecule has 2 rings (SSSR count). The summed E-state index contributed by atoms with van der Waals surface area (Å²) in [6.07, 6.45) is 4.12. The lowest BCUT2D eigenvalue weighted by molar-refractivity contribution is 0.171. The topological polar surface area (TPSA) is 21.6 Å². The second kappa shape index (κ2) is 9.75. The van der Waals surface area contributed by atoms with Crippen molar-refractivity contribution >= 4 is 11.8 Å². The van der Waals surface area contributed by atoms with Gasteiger partial charge in [-0.15, -0.1) is 0 Å². The van der Waals surface area contributed by atoms with Gasteiger partial charge in [0, 0.05) is 5.71 Å². The Morgan fingerprint density at radius 2 is 1.65 bits per heavy atom. The number of nitrogens with zero attached hydrogens (tertiary/aromatic N) is 1. The van der Waals surface area contributed by atoms with Gasteiger partial charge in [0.1, 0.15) is 0 Å². The molecule has 0 aliphatic carbocycles. The highest BCUT2D eigenvalue weighted by Gasteiger charge is 2.06. The minimum atomic E-state index is 0.412. The molecular weight excluding hydrogens is 282 g/mol. The second-order valence-electron chi connectivity index (χ2n) is 5.68. The zero-order valence-corrected chi connectivity index (χ0v) is 14.0. The molecule has 2 aromatic carbocycles. The Morgan fingerprint density at radius 3 is 2.30 bits per heavy atom. The third kappa shape index (κ3) is 6.21. The highest BCUT2D eigenvalue weighted by atomic mass is 16.5. The average molecular weight is 307 g/mol. The zero-order valence-electron chi connectivity index (χ0n) is 14.0. The Morgan fingerprint density at radius 1 is 1.00 bits per heavy atom. The molecule has 0 fully saturated rings. The molecule has 2 aromatic rings. The van der Waals surface area contributed by atoms with E-state index in [9.17, 15) is 0 Å². The molecule has 0 atom stereocenters. The van der Waals surface area contributed by atoms with Crippen LogP contribution in [0.3, 0.4) is 0 Å². The van der Waals surface area contributed by atoms with E-state index in [2.05, 4.69) is 56.3 Å². The summed E-state index contributed by atoms with van der Waals surface area (Å²) in [5, 5.41) is 0. The van der Waals surface area contributed by atoms with Crippen LogP contribution in [0.1, 0.15) is 25.0 Å². The molecule has 0 aliphatic rings. The highest BCUT2D eigenvalue weighted by Crippen LogP contribution is 2.09. The fourth-order valence-corrected chi connectivity index (χ4v) is 2.35. The molecule has 2 nitrogen and oxygen atoms in total. The lowest BCUT2D eigenvalue weighted by atomic mass is 10.00. The third-order valence-corrected chi connectivity index (χ3v) is 3.46. The molecule has 0 saturated heterocycles. The molecule has 2 heteroatoms. The van der Waals surface area contributed by atoms with Crippen LogP contribution < -0.4 is 0 Å². The van der Waals surface area contributed by atoms with Gasteiger partial charge in [-0.3, -0.25) is 4.99 Å². The summed E-state index contributed by atoms with van der Waals surface area (Å²) in [6, 6.07) is 20.6. The van der Waals surface area contributed by atoms with Crippen LogP contribution in [0.25, 0.3) is 6.08 Å². The smallest absolute Gasteiger partial charge is 0.0666 e. The van der Waals surface area contributed by atoms with Crippen molar-refractivity contribution in [3.05, 3.63) is 77.9 Å². The normalized spacial score (nSPS) is 12.2. The Kier molecular flexibility index (Phi) is 7.28. The van der Waals surface area contributed by atoms with Crippen molar-refractivity contribution in [3.63, 3.8) is 0 Å². The fraction of sp³-hybridized carbons (Fsp3) is 0.286. The van der Waals surface area contributed by atoms with Gasteiger partial charge in [0.15, 0.2) is 0 Å². The molecule has 0 unspecified atom stereocenters. The van der Waals surface area contributed by atoms with Crippen molar-refractivity contribution in [2.75, 3.05) is 19.8 Å². The van der Waals surface area contributed by atoms with Crippen LogP contribution in [0, 0.1) is 5.92 Å². The molecular formula is C21H25NO. The monoisotopic (exact) mass is 307 g/mol. The van der Waals surface area contributed by atoms with Crippen molar-refractivity contribution < 1.29 is 4.74 Å². The second-order valence-corrected chi connectivity index (χ2v) is 5.68. The predicted octanol–water partition coefficient (Wildman–Crippen LogP) is 4.86. The first-order chi connectivity index (χ1) is 11.3. The van der Waals surface area contributed by atoms with E-state index in [1.54, 1.807) is 0 Å². The Bertz CT molecular complexity index is 615. The standard InChI is InChI=1S/C21H25NO/c1-18(2)21(20-13-7-4-8-14-20)22-15-17-23-16-9-12-19-10-5-3-6-11-19/h3-14,18H,15-17H2,1-2H3/b12-9+,22-21?. The minimum absolute atomic E-state index is 0.412. The molecule has 0 spiro atoms. The summed E-state index contributed by atoms with van der Waals surface area (Å²) in [5.74, 6) is 0.412. The van der Waals surface area contributed by atoms with E-state index >= 15 is 0 Å². The summed E-state index contributed by atoms with van der Waals surface area (Å²) in [4.78, 5) is 4.72. The van der Waals surface area contributed by atoms with E-state index in [-0.39, 0.29) is 0 Å². The summed E-state index contributed by atoms with van der Waals surface area (Å²) in [5.41, 5.74) is 3.54. The first-order valence-corrected chi connectivity index (χ1v) is 8.16.